The molecule has 1 aromatic heterocycles. The number of pyridine rings is 1. The largest absolute Gasteiger partial charge is 0.373 e. The smallest absolute Gasteiger partial charge is 0.230 e. The summed E-state index contributed by atoms with van der Waals surface area (Å²) in [6, 6.07) is 4.13. The van der Waals surface area contributed by atoms with E-state index in [9.17, 15) is 4.79 Å². The second-order valence-corrected chi connectivity index (χ2v) is 4.96. The zero-order valence-electron chi connectivity index (χ0n) is 10.5. The van der Waals surface area contributed by atoms with Crippen molar-refractivity contribution in [2.45, 2.75) is 25.6 Å². The molecule has 0 fully saturated rings. The van der Waals surface area contributed by atoms with Gasteiger partial charge in [0.2, 0.25) is 5.91 Å². The number of hydrogen-bond acceptors (Lipinski definition) is 4. The summed E-state index contributed by atoms with van der Waals surface area (Å²) in [6.07, 6.45) is 1.76. The van der Waals surface area contributed by atoms with Crippen molar-refractivity contribution in [3.05, 3.63) is 23.9 Å². The molecular weight excluding hydrogens is 234 g/mol. The Bertz CT molecular complexity index is 369. The number of thioether (sulfide) groups is 1. The minimum Gasteiger partial charge on any atom is -0.373 e. The lowest BCUT2D eigenvalue weighted by Crippen LogP contribution is -2.31. The van der Waals surface area contributed by atoms with Crippen molar-refractivity contribution in [2.24, 2.45) is 0 Å². The molecule has 0 radical (unpaired) electrons. The topological polar surface area (TPSA) is 54.0 Å². The first kappa shape index (κ1) is 13.8. The van der Waals surface area contributed by atoms with E-state index in [0.29, 0.717) is 5.75 Å². The molecule has 2 N–H and O–H groups in total. The number of nitrogens with one attached hydrogen (secondary N) is 2. The molecule has 0 saturated carbocycles. The summed E-state index contributed by atoms with van der Waals surface area (Å²) in [5.74, 6) is 2.23. The Kier molecular flexibility index (Phi) is 5.83. The zero-order chi connectivity index (χ0) is 12.7. The van der Waals surface area contributed by atoms with Crippen LogP contribution in [-0.2, 0) is 10.5 Å². The molecule has 4 nitrogen and oxygen atoms in total. The highest BCUT2D eigenvalue weighted by Gasteiger charge is 2.05. The molecule has 0 aromatic carbocycles. The van der Waals surface area contributed by atoms with Crippen molar-refractivity contribution >= 4 is 23.5 Å². The molecule has 1 aromatic rings. The van der Waals surface area contributed by atoms with Crippen LogP contribution in [0, 0.1) is 0 Å². The molecule has 1 rings (SSSR count). The Labute approximate surface area is 107 Å². The summed E-state index contributed by atoms with van der Waals surface area (Å²) < 4.78 is 0. The maximum atomic E-state index is 11.4. The fourth-order valence-electron chi connectivity index (χ4n) is 1.40. The highest BCUT2D eigenvalue weighted by atomic mass is 32.2. The molecule has 0 unspecified atom stereocenters. The second kappa shape index (κ2) is 7.17. The maximum Gasteiger partial charge on any atom is 0.230 e. The van der Waals surface area contributed by atoms with E-state index < -0.39 is 0 Å². The molecule has 0 aliphatic carbocycles. The maximum absolute atomic E-state index is 11.4. The number of carbonyl (C=O) groups excluding carboxylic acids is 1. The first-order valence-corrected chi connectivity index (χ1v) is 6.77. The van der Waals surface area contributed by atoms with Gasteiger partial charge in [-0.2, -0.15) is 0 Å². The van der Waals surface area contributed by atoms with Gasteiger partial charge in [0.05, 0.1) is 5.75 Å². The quantitative estimate of drug-likeness (QED) is 0.813. The Morgan fingerprint density at radius 1 is 1.53 bits per heavy atom. The summed E-state index contributed by atoms with van der Waals surface area (Å²) in [5.41, 5.74) is 1.12. The Morgan fingerprint density at radius 3 is 2.94 bits per heavy atom. The van der Waals surface area contributed by atoms with Crippen molar-refractivity contribution in [3.8, 4) is 0 Å². The van der Waals surface area contributed by atoms with Crippen LogP contribution in [0.3, 0.4) is 0 Å². The first-order chi connectivity index (χ1) is 8.13. The van der Waals surface area contributed by atoms with Crippen LogP contribution in [-0.4, -0.2) is 29.7 Å². The van der Waals surface area contributed by atoms with Gasteiger partial charge < -0.3 is 10.6 Å². The lowest BCUT2D eigenvalue weighted by atomic mass is 10.3. The van der Waals surface area contributed by atoms with Crippen molar-refractivity contribution < 1.29 is 4.79 Å². The van der Waals surface area contributed by atoms with Gasteiger partial charge in [-0.25, -0.2) is 4.98 Å². The van der Waals surface area contributed by atoms with Gasteiger partial charge in [0.1, 0.15) is 5.82 Å². The van der Waals surface area contributed by atoms with Crippen LogP contribution >= 0.6 is 11.8 Å². The molecule has 1 heterocycles. The van der Waals surface area contributed by atoms with Gasteiger partial charge in [0.25, 0.3) is 0 Å². The van der Waals surface area contributed by atoms with Gasteiger partial charge in [-0.15, -0.1) is 11.8 Å². The fraction of sp³-hybridized carbons (Fsp3) is 0.500. The van der Waals surface area contributed by atoms with Crippen LogP contribution < -0.4 is 10.6 Å². The fourth-order valence-corrected chi connectivity index (χ4v) is 2.22. The molecule has 17 heavy (non-hydrogen) atoms. The van der Waals surface area contributed by atoms with Crippen LogP contribution in [0.5, 0.6) is 0 Å². The van der Waals surface area contributed by atoms with E-state index in [4.69, 9.17) is 0 Å². The molecule has 5 heteroatoms. The SMILES string of the molecule is CNc1ncccc1CSCC(=O)NC(C)C. The minimum atomic E-state index is 0.0832. The zero-order valence-corrected chi connectivity index (χ0v) is 11.3. The van der Waals surface area contributed by atoms with E-state index in [0.717, 1.165) is 17.1 Å². The molecule has 0 spiro atoms. The third-order valence-electron chi connectivity index (χ3n) is 2.07. The average Bonchev–Trinajstić information content (AvgIpc) is 2.28. The van der Waals surface area contributed by atoms with E-state index in [2.05, 4.69) is 15.6 Å². The number of aromatic nitrogens is 1. The van der Waals surface area contributed by atoms with Crippen LogP contribution in [0.2, 0.25) is 0 Å². The van der Waals surface area contributed by atoms with E-state index in [1.165, 1.54) is 0 Å². The number of amides is 1. The Morgan fingerprint density at radius 2 is 2.29 bits per heavy atom. The van der Waals surface area contributed by atoms with E-state index >= 15 is 0 Å². The number of carbonyl (C=O) groups is 1. The molecule has 0 aliphatic heterocycles. The molecule has 94 valence electrons. The third kappa shape index (κ3) is 5.08. The molecule has 0 aliphatic rings. The van der Waals surface area contributed by atoms with Crippen LogP contribution in [0.15, 0.2) is 18.3 Å². The minimum absolute atomic E-state index is 0.0832. The Balaban J connectivity index is 2.38. The van der Waals surface area contributed by atoms with Crippen LogP contribution in [0.25, 0.3) is 0 Å². The van der Waals surface area contributed by atoms with Crippen molar-refractivity contribution in [1.29, 1.82) is 0 Å². The normalized spacial score (nSPS) is 10.4. The predicted octanol–water partition coefficient (Wildman–Crippen LogP) is 1.88. The van der Waals surface area contributed by atoms with Gasteiger partial charge in [-0.1, -0.05) is 6.07 Å². The van der Waals surface area contributed by atoms with Gasteiger partial charge >= 0.3 is 0 Å². The third-order valence-corrected chi connectivity index (χ3v) is 3.05. The van der Waals surface area contributed by atoms with Crippen molar-refractivity contribution in [1.82, 2.24) is 10.3 Å². The first-order valence-electron chi connectivity index (χ1n) is 5.62. The van der Waals surface area contributed by atoms with E-state index in [1.54, 1.807) is 18.0 Å². The van der Waals surface area contributed by atoms with Crippen LogP contribution in [0.1, 0.15) is 19.4 Å². The number of nitrogens with zero attached hydrogens (tertiary/aromatic N) is 1. The van der Waals surface area contributed by atoms with Crippen LogP contribution in [0.4, 0.5) is 5.82 Å². The molecule has 0 bridgehead atoms. The van der Waals surface area contributed by atoms with E-state index in [-0.39, 0.29) is 11.9 Å². The van der Waals surface area contributed by atoms with Crippen molar-refractivity contribution in [3.63, 3.8) is 0 Å². The summed E-state index contributed by atoms with van der Waals surface area (Å²) in [6.45, 7) is 3.92. The summed E-state index contributed by atoms with van der Waals surface area (Å²) in [5, 5.41) is 5.91. The van der Waals surface area contributed by atoms with Crippen molar-refractivity contribution in [2.75, 3.05) is 18.1 Å². The molecule has 0 saturated heterocycles. The number of hydrogen-bond donors (Lipinski definition) is 2. The number of rotatable bonds is 6. The summed E-state index contributed by atoms with van der Waals surface area (Å²) >= 11 is 1.59. The van der Waals surface area contributed by atoms with E-state index in [1.807, 2.05) is 33.0 Å². The molecular formula is C12H19N3OS. The molecule has 1 amide bonds. The summed E-state index contributed by atoms with van der Waals surface area (Å²) in [4.78, 5) is 15.7. The standard InChI is InChI=1S/C12H19N3OS/c1-9(2)15-11(16)8-17-7-10-5-4-6-14-12(10)13-3/h4-6,9H,7-8H2,1-3H3,(H,13,14)(H,15,16). The lowest BCUT2D eigenvalue weighted by molar-refractivity contribution is -0.119. The number of anilines is 1. The predicted molar refractivity (Wildman–Crippen MR) is 73.2 cm³/mol. The summed E-state index contributed by atoms with van der Waals surface area (Å²) in [7, 11) is 1.85. The monoisotopic (exact) mass is 253 g/mol. The van der Waals surface area contributed by atoms with Gasteiger partial charge in [-0.3, -0.25) is 4.79 Å². The lowest BCUT2D eigenvalue weighted by Gasteiger charge is -2.09. The highest BCUT2D eigenvalue weighted by Crippen LogP contribution is 2.17. The average molecular weight is 253 g/mol. The van der Waals surface area contributed by atoms with Gasteiger partial charge in [0.15, 0.2) is 0 Å². The van der Waals surface area contributed by atoms with Gasteiger partial charge in [0, 0.05) is 30.6 Å². The molecule has 0 atom stereocenters. The highest BCUT2D eigenvalue weighted by molar-refractivity contribution is 7.99. The Hall–Kier alpha value is -1.23. The second-order valence-electron chi connectivity index (χ2n) is 3.98. The van der Waals surface area contributed by atoms with Gasteiger partial charge in [-0.05, 0) is 19.9 Å².